The Morgan fingerprint density at radius 3 is 2.41 bits per heavy atom. The van der Waals surface area contributed by atoms with E-state index in [1.54, 1.807) is 11.3 Å². The first-order valence-electron chi connectivity index (χ1n) is 8.81. The van der Waals surface area contributed by atoms with Gasteiger partial charge in [0, 0.05) is 17.7 Å². The van der Waals surface area contributed by atoms with Crippen LogP contribution in [-0.2, 0) is 6.54 Å². The molecule has 0 spiro atoms. The van der Waals surface area contributed by atoms with Crippen molar-refractivity contribution < 1.29 is 9.53 Å². The molecule has 1 N–H and O–H groups in total. The molecule has 0 aliphatic heterocycles. The average Bonchev–Trinajstić information content (AvgIpc) is 3.16. The highest BCUT2D eigenvalue weighted by Gasteiger charge is 2.13. The van der Waals surface area contributed by atoms with Crippen molar-refractivity contribution in [3.05, 3.63) is 81.8 Å². The molecule has 1 amide bonds. The fraction of sp³-hybridized carbons (Fsp3) is 0.0909. The van der Waals surface area contributed by atoms with Gasteiger partial charge in [0.1, 0.15) is 5.01 Å². The van der Waals surface area contributed by atoms with Crippen molar-refractivity contribution in [2.75, 3.05) is 7.11 Å². The number of rotatable bonds is 5. The molecule has 0 atom stereocenters. The van der Waals surface area contributed by atoms with Gasteiger partial charge in [-0.3, -0.25) is 4.79 Å². The molecule has 0 unspecified atom stereocenters. The van der Waals surface area contributed by atoms with Gasteiger partial charge in [-0.15, -0.1) is 11.3 Å². The maximum absolute atomic E-state index is 12.4. The van der Waals surface area contributed by atoms with E-state index in [0.29, 0.717) is 27.9 Å². The van der Waals surface area contributed by atoms with Crippen LogP contribution in [0.3, 0.4) is 0 Å². The molecule has 0 saturated carbocycles. The number of methoxy groups -OCH3 is 1. The lowest BCUT2D eigenvalue weighted by Crippen LogP contribution is -2.22. The van der Waals surface area contributed by atoms with Gasteiger partial charge in [-0.25, -0.2) is 4.98 Å². The Hall–Kier alpha value is -2.60. The topological polar surface area (TPSA) is 51.2 Å². The van der Waals surface area contributed by atoms with Crippen LogP contribution in [0.15, 0.2) is 60.7 Å². The van der Waals surface area contributed by atoms with Gasteiger partial charge in [0.25, 0.3) is 5.91 Å². The van der Waals surface area contributed by atoms with Crippen molar-refractivity contribution >= 4 is 50.7 Å². The molecule has 0 aliphatic rings. The molecule has 0 saturated heterocycles. The number of thiazole rings is 1. The van der Waals surface area contributed by atoms with Gasteiger partial charge < -0.3 is 10.1 Å². The van der Waals surface area contributed by atoms with E-state index in [9.17, 15) is 4.79 Å². The summed E-state index contributed by atoms with van der Waals surface area (Å²) in [6, 6.07) is 19.1. The summed E-state index contributed by atoms with van der Waals surface area (Å²) in [6.45, 7) is 0.389. The summed E-state index contributed by atoms with van der Waals surface area (Å²) in [5.74, 6) is 0.0991. The van der Waals surface area contributed by atoms with Crippen molar-refractivity contribution in [2.24, 2.45) is 0 Å². The lowest BCUT2D eigenvalue weighted by Gasteiger charge is -2.10. The van der Waals surface area contributed by atoms with Crippen molar-refractivity contribution in [2.45, 2.75) is 6.54 Å². The molecule has 4 aromatic rings. The van der Waals surface area contributed by atoms with Crippen LogP contribution in [0.1, 0.15) is 15.9 Å². The van der Waals surface area contributed by atoms with E-state index in [2.05, 4.69) is 16.4 Å². The van der Waals surface area contributed by atoms with Gasteiger partial charge in [0.15, 0.2) is 5.75 Å². The second-order valence-electron chi connectivity index (χ2n) is 6.34. The van der Waals surface area contributed by atoms with Gasteiger partial charge >= 0.3 is 0 Å². The van der Waals surface area contributed by atoms with Crippen molar-refractivity contribution in [1.82, 2.24) is 10.3 Å². The number of fused-ring (bicyclic) bond motifs is 1. The molecule has 0 fully saturated rings. The third kappa shape index (κ3) is 4.22. The number of ether oxygens (including phenoxy) is 1. The highest BCUT2D eigenvalue weighted by atomic mass is 35.5. The fourth-order valence-electron chi connectivity index (χ4n) is 2.93. The van der Waals surface area contributed by atoms with Gasteiger partial charge in [-0.05, 0) is 29.8 Å². The van der Waals surface area contributed by atoms with E-state index in [0.717, 1.165) is 26.4 Å². The lowest BCUT2D eigenvalue weighted by molar-refractivity contribution is 0.0951. The summed E-state index contributed by atoms with van der Waals surface area (Å²) >= 11 is 13.9. The first-order chi connectivity index (χ1) is 14.0. The normalized spacial score (nSPS) is 10.9. The number of benzene rings is 3. The molecule has 0 radical (unpaired) electrons. The quantitative estimate of drug-likeness (QED) is 0.399. The van der Waals surface area contributed by atoms with Crippen LogP contribution in [0.5, 0.6) is 5.75 Å². The summed E-state index contributed by atoms with van der Waals surface area (Å²) in [6.07, 6.45) is 0. The Labute approximate surface area is 182 Å². The van der Waals surface area contributed by atoms with Gasteiger partial charge in [0.05, 0.1) is 27.4 Å². The molecule has 0 aliphatic carbocycles. The van der Waals surface area contributed by atoms with E-state index in [1.165, 1.54) is 19.2 Å². The fourth-order valence-corrected chi connectivity index (χ4v) is 4.54. The zero-order valence-corrected chi connectivity index (χ0v) is 17.7. The standard InChI is InChI=1S/C22H16Cl2N2O2S/c1-28-20-16(23)10-15(11-17(20)24)21(27)25-12-13-6-8-14(9-7-13)22-26-18-4-2-3-5-19(18)29-22/h2-11H,12H2,1H3,(H,25,27). The Morgan fingerprint density at radius 2 is 1.76 bits per heavy atom. The first kappa shape index (κ1) is 19.7. The number of halogens is 2. The Kier molecular flexibility index (Phi) is 5.72. The number of amides is 1. The molecular weight excluding hydrogens is 427 g/mol. The third-order valence-corrected chi connectivity index (χ3v) is 6.06. The predicted molar refractivity (Wildman–Crippen MR) is 119 cm³/mol. The maximum atomic E-state index is 12.4. The molecule has 4 rings (SSSR count). The van der Waals surface area contributed by atoms with Crippen LogP contribution >= 0.6 is 34.5 Å². The van der Waals surface area contributed by atoms with E-state index in [-0.39, 0.29) is 5.91 Å². The number of para-hydroxylation sites is 1. The largest absolute Gasteiger partial charge is 0.494 e. The van der Waals surface area contributed by atoms with Gasteiger partial charge in [0.2, 0.25) is 0 Å². The Bertz CT molecular complexity index is 1130. The summed E-state index contributed by atoms with van der Waals surface area (Å²) < 4.78 is 6.27. The second-order valence-corrected chi connectivity index (χ2v) is 8.18. The minimum Gasteiger partial charge on any atom is -0.494 e. The number of carbonyl (C=O) groups is 1. The summed E-state index contributed by atoms with van der Waals surface area (Å²) in [5, 5.41) is 4.45. The summed E-state index contributed by atoms with van der Waals surface area (Å²) in [4.78, 5) is 17.1. The number of nitrogens with zero attached hydrogens (tertiary/aromatic N) is 1. The second kappa shape index (κ2) is 8.41. The molecule has 4 nitrogen and oxygen atoms in total. The summed E-state index contributed by atoms with van der Waals surface area (Å²) in [5.41, 5.74) is 3.41. The van der Waals surface area contributed by atoms with Gasteiger partial charge in [-0.2, -0.15) is 0 Å². The number of hydrogen-bond donors (Lipinski definition) is 1. The van der Waals surface area contributed by atoms with Gasteiger partial charge in [-0.1, -0.05) is 59.6 Å². The molecular formula is C22H16Cl2N2O2S. The van der Waals surface area contributed by atoms with E-state index >= 15 is 0 Å². The molecule has 3 aromatic carbocycles. The minimum atomic E-state index is -0.258. The predicted octanol–water partition coefficient (Wildman–Crippen LogP) is 6.21. The van der Waals surface area contributed by atoms with Crippen molar-refractivity contribution in [1.29, 1.82) is 0 Å². The molecule has 7 heteroatoms. The zero-order chi connectivity index (χ0) is 20.4. The Morgan fingerprint density at radius 1 is 1.07 bits per heavy atom. The number of hydrogen-bond acceptors (Lipinski definition) is 4. The van der Waals surface area contributed by atoms with Crippen LogP contribution in [0.2, 0.25) is 10.0 Å². The SMILES string of the molecule is COc1c(Cl)cc(C(=O)NCc2ccc(-c3nc4ccccc4s3)cc2)cc1Cl. The monoisotopic (exact) mass is 442 g/mol. The highest BCUT2D eigenvalue weighted by Crippen LogP contribution is 2.34. The average molecular weight is 443 g/mol. The van der Waals surface area contributed by atoms with Crippen LogP contribution in [0.4, 0.5) is 0 Å². The van der Waals surface area contributed by atoms with Crippen LogP contribution in [0.25, 0.3) is 20.8 Å². The lowest BCUT2D eigenvalue weighted by atomic mass is 10.1. The van der Waals surface area contributed by atoms with Crippen LogP contribution < -0.4 is 10.1 Å². The number of aromatic nitrogens is 1. The molecule has 1 heterocycles. The number of nitrogens with one attached hydrogen (secondary N) is 1. The van der Waals surface area contributed by atoms with Crippen molar-refractivity contribution in [3.8, 4) is 16.3 Å². The summed E-state index contributed by atoms with van der Waals surface area (Å²) in [7, 11) is 1.48. The minimum absolute atomic E-state index is 0.258. The molecule has 146 valence electrons. The smallest absolute Gasteiger partial charge is 0.251 e. The first-order valence-corrected chi connectivity index (χ1v) is 10.4. The van der Waals surface area contributed by atoms with Crippen molar-refractivity contribution in [3.63, 3.8) is 0 Å². The third-order valence-electron chi connectivity index (χ3n) is 4.41. The molecule has 1 aromatic heterocycles. The van der Waals surface area contributed by atoms with Crippen LogP contribution in [-0.4, -0.2) is 18.0 Å². The zero-order valence-electron chi connectivity index (χ0n) is 15.4. The van der Waals surface area contributed by atoms with E-state index < -0.39 is 0 Å². The van der Waals surface area contributed by atoms with Crippen LogP contribution in [0, 0.1) is 0 Å². The van der Waals surface area contributed by atoms with E-state index in [1.807, 2.05) is 42.5 Å². The van der Waals surface area contributed by atoms with E-state index in [4.69, 9.17) is 27.9 Å². The highest BCUT2D eigenvalue weighted by molar-refractivity contribution is 7.21. The molecule has 29 heavy (non-hydrogen) atoms. The molecule has 0 bridgehead atoms. The Balaban J connectivity index is 1.44. The maximum Gasteiger partial charge on any atom is 0.251 e. The number of carbonyl (C=O) groups excluding carboxylic acids is 1.